The van der Waals surface area contributed by atoms with Gasteiger partial charge in [-0.15, -0.1) is 0 Å². The molecule has 7 heteroatoms. The Morgan fingerprint density at radius 3 is 2.73 bits per heavy atom. The van der Waals surface area contributed by atoms with Gasteiger partial charge in [0.05, 0.1) is 19.8 Å². The number of nitrogen functional groups attached to an aromatic ring is 1. The van der Waals surface area contributed by atoms with E-state index in [1.54, 1.807) is 42.5 Å². The number of benzene rings is 3. The van der Waals surface area contributed by atoms with Crippen LogP contribution in [0.15, 0.2) is 60.7 Å². The molecule has 0 aliphatic carbocycles. The Hall–Kier alpha value is -3.71. The molecule has 0 bridgehead atoms. The molecule has 30 heavy (non-hydrogen) atoms. The van der Waals surface area contributed by atoms with E-state index in [-0.39, 0.29) is 17.7 Å². The first-order valence-corrected chi connectivity index (χ1v) is 9.22. The van der Waals surface area contributed by atoms with E-state index in [2.05, 4.69) is 5.32 Å². The van der Waals surface area contributed by atoms with Gasteiger partial charge in [0.25, 0.3) is 5.91 Å². The predicted octanol–water partition coefficient (Wildman–Crippen LogP) is 3.54. The zero-order valence-corrected chi connectivity index (χ0v) is 16.4. The van der Waals surface area contributed by atoms with Gasteiger partial charge in [0.1, 0.15) is 11.6 Å². The first-order valence-electron chi connectivity index (χ1n) is 9.22. The third-order valence-corrected chi connectivity index (χ3v) is 4.77. The topological polar surface area (TPSA) is 108 Å². The van der Waals surface area contributed by atoms with Gasteiger partial charge < -0.3 is 26.3 Å². The molecule has 0 radical (unpaired) electrons. The minimum absolute atomic E-state index is 0.215. The molecule has 6 nitrogen and oxygen atoms in total. The van der Waals surface area contributed by atoms with Gasteiger partial charge in [0.2, 0.25) is 0 Å². The maximum atomic E-state index is 14.5. The Labute approximate surface area is 173 Å². The fraction of sp³-hybridized carbons (Fsp3) is 0.130. The van der Waals surface area contributed by atoms with E-state index < -0.39 is 17.8 Å². The largest absolute Gasteiger partial charge is 0.497 e. The quantitative estimate of drug-likeness (QED) is 0.355. The van der Waals surface area contributed by atoms with E-state index in [1.165, 1.54) is 25.3 Å². The van der Waals surface area contributed by atoms with Crippen molar-refractivity contribution < 1.29 is 19.0 Å². The molecule has 1 amide bonds. The van der Waals surface area contributed by atoms with Crippen LogP contribution in [0.5, 0.6) is 5.75 Å². The highest BCUT2D eigenvalue weighted by Crippen LogP contribution is 2.27. The number of rotatable bonds is 7. The fourth-order valence-corrected chi connectivity index (χ4v) is 3.09. The Kier molecular flexibility index (Phi) is 6.44. The zero-order chi connectivity index (χ0) is 21.7. The lowest BCUT2D eigenvalue weighted by molar-refractivity contribution is 0.0916. The van der Waals surface area contributed by atoms with E-state index in [1.807, 2.05) is 0 Å². The van der Waals surface area contributed by atoms with E-state index in [9.17, 15) is 14.3 Å². The number of amides is 1. The van der Waals surface area contributed by atoms with Crippen molar-refractivity contribution in [1.82, 2.24) is 5.32 Å². The first kappa shape index (κ1) is 21.0. The summed E-state index contributed by atoms with van der Waals surface area (Å²) in [6.45, 7) is -0.312. The van der Waals surface area contributed by atoms with Crippen LogP contribution in [0.25, 0.3) is 11.1 Å². The summed E-state index contributed by atoms with van der Waals surface area (Å²) in [7, 11) is 1.53. The molecule has 0 aliphatic rings. The van der Waals surface area contributed by atoms with E-state index in [0.717, 1.165) is 6.21 Å². The minimum atomic E-state index is -0.651. The number of nitrogens with two attached hydrogens (primary N) is 1. The average Bonchev–Trinajstić information content (AvgIpc) is 2.78. The monoisotopic (exact) mass is 407 g/mol. The summed E-state index contributed by atoms with van der Waals surface area (Å²) in [4.78, 5) is 12.8. The van der Waals surface area contributed by atoms with E-state index in [4.69, 9.17) is 15.9 Å². The molecule has 0 heterocycles. The third kappa shape index (κ3) is 4.47. The van der Waals surface area contributed by atoms with E-state index >= 15 is 0 Å². The van der Waals surface area contributed by atoms with Crippen molar-refractivity contribution in [2.24, 2.45) is 0 Å². The van der Waals surface area contributed by atoms with Gasteiger partial charge in [-0.25, -0.2) is 4.39 Å². The van der Waals surface area contributed by atoms with Gasteiger partial charge in [0.15, 0.2) is 0 Å². The molecule has 1 unspecified atom stereocenters. The maximum absolute atomic E-state index is 14.5. The van der Waals surface area contributed by atoms with Crippen LogP contribution < -0.4 is 15.8 Å². The van der Waals surface area contributed by atoms with Gasteiger partial charge in [-0.2, -0.15) is 0 Å². The number of anilines is 1. The lowest BCUT2D eigenvalue weighted by atomic mass is 9.99. The normalized spacial score (nSPS) is 11.6. The van der Waals surface area contributed by atoms with Gasteiger partial charge in [-0.3, -0.25) is 4.79 Å². The van der Waals surface area contributed by atoms with Gasteiger partial charge in [-0.05, 0) is 53.6 Å². The van der Waals surface area contributed by atoms with Crippen molar-refractivity contribution in [2.45, 2.75) is 6.04 Å². The summed E-state index contributed by atoms with van der Waals surface area (Å²) in [6, 6.07) is 15.2. The van der Waals surface area contributed by atoms with E-state index in [0.29, 0.717) is 28.1 Å². The summed E-state index contributed by atoms with van der Waals surface area (Å²) in [5, 5.41) is 19.9. The van der Waals surface area contributed by atoms with Crippen molar-refractivity contribution in [3.63, 3.8) is 0 Å². The van der Waals surface area contributed by atoms with Crippen molar-refractivity contribution in [1.29, 1.82) is 5.41 Å². The van der Waals surface area contributed by atoms with Crippen LogP contribution >= 0.6 is 0 Å². The second-order valence-electron chi connectivity index (χ2n) is 6.67. The molecule has 0 saturated carbocycles. The van der Waals surface area contributed by atoms with Crippen molar-refractivity contribution in [2.75, 3.05) is 19.5 Å². The fourth-order valence-electron chi connectivity index (χ4n) is 3.09. The molecule has 0 aliphatic heterocycles. The molecule has 0 fully saturated rings. The summed E-state index contributed by atoms with van der Waals surface area (Å²) in [6.07, 6.45) is 1.09. The lowest BCUT2D eigenvalue weighted by Crippen LogP contribution is -2.30. The highest BCUT2D eigenvalue weighted by Gasteiger charge is 2.17. The van der Waals surface area contributed by atoms with Crippen LogP contribution in [0.1, 0.15) is 27.5 Å². The molecule has 3 aromatic carbocycles. The first-order chi connectivity index (χ1) is 14.5. The lowest BCUT2D eigenvalue weighted by Gasteiger charge is -2.18. The number of carbonyl (C=O) groups is 1. The van der Waals surface area contributed by atoms with Gasteiger partial charge in [-0.1, -0.05) is 18.2 Å². The number of aliphatic hydroxyl groups excluding tert-OH is 1. The number of ether oxygens (including phenoxy) is 1. The second kappa shape index (κ2) is 9.19. The highest BCUT2D eigenvalue weighted by molar-refractivity contribution is 5.96. The molecule has 1 atom stereocenters. The summed E-state index contributed by atoms with van der Waals surface area (Å²) in [5.74, 6) is -0.353. The Morgan fingerprint density at radius 2 is 2.03 bits per heavy atom. The predicted molar refractivity (Wildman–Crippen MR) is 114 cm³/mol. The summed E-state index contributed by atoms with van der Waals surface area (Å²) < 4.78 is 19.6. The Balaban J connectivity index is 1.89. The van der Waals surface area contributed by atoms with Gasteiger partial charge >= 0.3 is 0 Å². The number of halogens is 1. The molecular weight excluding hydrogens is 385 g/mol. The molecule has 0 spiro atoms. The van der Waals surface area contributed by atoms with Crippen molar-refractivity contribution in [3.05, 3.63) is 83.2 Å². The summed E-state index contributed by atoms with van der Waals surface area (Å²) in [5.41, 5.74) is 8.30. The van der Waals surface area contributed by atoms with Crippen LogP contribution in [0.2, 0.25) is 0 Å². The Bertz CT molecular complexity index is 1090. The zero-order valence-electron chi connectivity index (χ0n) is 16.4. The van der Waals surface area contributed by atoms with Crippen LogP contribution in [0, 0.1) is 11.2 Å². The third-order valence-electron chi connectivity index (χ3n) is 4.77. The highest BCUT2D eigenvalue weighted by atomic mass is 19.1. The standard InChI is InChI=1S/C23H22FN3O3/c1-30-18-4-2-3-15(10-18)22(13-28)27-23(29)16-5-7-20(24)19(11-16)14-6-8-21(26)17(9-14)12-25/h2-12,22,25,28H,13,26H2,1H3,(H,27,29). The number of hydrogen-bond acceptors (Lipinski definition) is 5. The van der Waals surface area contributed by atoms with Crippen LogP contribution in [0.4, 0.5) is 10.1 Å². The smallest absolute Gasteiger partial charge is 0.251 e. The molecule has 0 aromatic heterocycles. The minimum Gasteiger partial charge on any atom is -0.497 e. The van der Waals surface area contributed by atoms with Gasteiger partial charge in [0, 0.05) is 28.6 Å². The molecule has 3 rings (SSSR count). The molecule has 0 saturated heterocycles. The van der Waals surface area contributed by atoms with Crippen molar-refractivity contribution >= 4 is 17.8 Å². The Morgan fingerprint density at radius 1 is 1.23 bits per heavy atom. The van der Waals surface area contributed by atoms with Crippen LogP contribution in [0.3, 0.4) is 0 Å². The summed E-state index contributed by atoms with van der Waals surface area (Å²) >= 11 is 0. The maximum Gasteiger partial charge on any atom is 0.251 e. The molecule has 154 valence electrons. The number of carbonyl (C=O) groups excluding carboxylic acids is 1. The molecule has 3 aromatic rings. The van der Waals surface area contributed by atoms with Crippen LogP contribution in [-0.2, 0) is 0 Å². The number of aliphatic hydroxyl groups is 1. The number of nitrogens with one attached hydrogen (secondary N) is 2. The SMILES string of the molecule is COc1cccc(C(CO)NC(=O)c2ccc(F)c(-c3ccc(N)c(C=N)c3)c2)c1. The number of methoxy groups -OCH3 is 1. The number of hydrogen-bond donors (Lipinski definition) is 4. The van der Waals surface area contributed by atoms with Crippen LogP contribution in [-0.4, -0.2) is 30.9 Å². The molecular formula is C23H22FN3O3. The molecule has 5 N–H and O–H groups in total. The average molecular weight is 407 g/mol. The van der Waals surface area contributed by atoms with Crippen molar-refractivity contribution in [3.8, 4) is 16.9 Å². The second-order valence-corrected chi connectivity index (χ2v) is 6.67.